The number of hydrogen-bond donors (Lipinski definition) is 0. The Hall–Kier alpha value is -9.10. The molecular weight excluding hydrogens is 946 g/mol. The average Bonchev–Trinajstić information content (AvgIpc) is 4.09. The van der Waals surface area contributed by atoms with Gasteiger partial charge in [0, 0.05) is 11.1 Å². The first-order valence-corrected chi connectivity index (χ1v) is 20.2. The number of nitro groups is 4. The van der Waals surface area contributed by atoms with Gasteiger partial charge >= 0.3 is 30.9 Å². The molecule has 5 heterocycles. The second-order valence-corrected chi connectivity index (χ2v) is 14.9. The quantitative estimate of drug-likeness (QED) is 0.0627. The van der Waals surface area contributed by atoms with Gasteiger partial charge in [-0.2, -0.15) is 0 Å². The molecule has 8 bridgehead atoms. The third-order valence-corrected chi connectivity index (χ3v) is 11.2. The summed E-state index contributed by atoms with van der Waals surface area (Å²) in [5.74, 6) is 1.69. The summed E-state index contributed by atoms with van der Waals surface area (Å²) >= 11 is 0. The molecule has 0 N–H and O–H groups in total. The van der Waals surface area contributed by atoms with Gasteiger partial charge in [0.05, 0.1) is 70.7 Å². The number of benzene rings is 4. The summed E-state index contributed by atoms with van der Waals surface area (Å²) < 4.78 is 21.3. The van der Waals surface area contributed by atoms with Gasteiger partial charge in [-0.1, -0.05) is 59.6 Å². The summed E-state index contributed by atoms with van der Waals surface area (Å²) in [6.07, 6.45) is 0. The molecule has 0 fully saturated rings. The van der Waals surface area contributed by atoms with Crippen molar-refractivity contribution >= 4 is 56.0 Å². The maximum atomic E-state index is 13.3. The van der Waals surface area contributed by atoms with Crippen LogP contribution in [0, 0.1) is 40.5 Å². The Morgan fingerprint density at radius 3 is 0.928 bits per heavy atom. The van der Waals surface area contributed by atoms with E-state index in [4.69, 9.17) is 38.9 Å². The van der Waals surface area contributed by atoms with Crippen LogP contribution in [-0.4, -0.2) is 58.1 Å². The zero-order valence-electron chi connectivity index (χ0n) is 36.7. The van der Waals surface area contributed by atoms with E-state index in [0.717, 1.165) is 0 Å². The first-order chi connectivity index (χ1) is 32.8. The van der Waals surface area contributed by atoms with Crippen LogP contribution in [0.3, 0.4) is 0 Å². The molecule has 2 aliphatic rings. The van der Waals surface area contributed by atoms with E-state index in [1.54, 1.807) is 97.1 Å². The molecule has 0 amide bonds. The van der Waals surface area contributed by atoms with Gasteiger partial charge in [-0.3, -0.25) is 40.5 Å². The van der Waals surface area contributed by atoms with Crippen molar-refractivity contribution < 1.29 is 58.1 Å². The molecule has 3 aromatic heterocycles. The monoisotopic (exact) mass is 976 g/mol. The molecule has 0 spiro atoms. The van der Waals surface area contributed by atoms with Crippen LogP contribution in [0.1, 0.15) is 33.9 Å². The summed E-state index contributed by atoms with van der Waals surface area (Å²) in [4.78, 5) is 69.5. The standard InChI is InChI=1S/C48H32N8O12.Zn/c1-65-29-13-5-25(6-14-29)41-33-21-38-46(54(59)60)43(27-9-17-31(67-3)18-10-27)35(50-38)23-40-48(56(63)64)44(28-11-19-32(68-4)20-12-28)36(52-40)24-39-47(55(61)62)42(26-7-15-30(66-2)16-8-26)34(51-39)22-37(49-33)45(41)53(57)58;/h5-24H,1-4H3;/q-2;+2. The zero-order valence-corrected chi connectivity index (χ0v) is 39.7. The van der Waals surface area contributed by atoms with Crippen molar-refractivity contribution in [3.05, 3.63) is 196 Å². The van der Waals surface area contributed by atoms with Crippen LogP contribution in [0.25, 0.3) is 66.9 Å². The van der Waals surface area contributed by atoms with Gasteiger partial charge in [0.1, 0.15) is 34.4 Å². The Morgan fingerprint density at radius 2 is 0.667 bits per heavy atom. The average molecular weight is 978 g/mol. The van der Waals surface area contributed by atoms with Crippen molar-refractivity contribution in [2.45, 2.75) is 0 Å². The van der Waals surface area contributed by atoms with E-state index in [9.17, 15) is 40.5 Å². The molecule has 9 rings (SSSR count). The molecule has 2 aliphatic heterocycles. The number of nitrogens with zero attached hydrogens (tertiary/aromatic N) is 8. The van der Waals surface area contributed by atoms with Crippen molar-refractivity contribution in [1.29, 1.82) is 0 Å². The third-order valence-electron chi connectivity index (χ3n) is 11.2. The number of hydrogen-bond acceptors (Lipinski definition) is 14. The number of methoxy groups -OCH3 is 4. The zero-order chi connectivity index (χ0) is 48.0. The predicted molar refractivity (Wildman–Crippen MR) is 248 cm³/mol. The number of ether oxygens (including phenoxy) is 4. The molecule has 69 heavy (non-hydrogen) atoms. The van der Waals surface area contributed by atoms with Gasteiger partial charge < -0.3 is 28.9 Å². The molecule has 21 heteroatoms. The van der Waals surface area contributed by atoms with Gasteiger partial charge in [0.2, 0.25) is 0 Å². The fourth-order valence-corrected chi connectivity index (χ4v) is 8.20. The minimum Gasteiger partial charge on any atom is -0.651 e. The third kappa shape index (κ3) is 8.38. The van der Waals surface area contributed by atoms with Gasteiger partial charge in [0.25, 0.3) is 11.4 Å². The molecule has 0 radical (unpaired) electrons. The van der Waals surface area contributed by atoms with E-state index in [2.05, 4.69) is 0 Å². The second kappa shape index (κ2) is 18.7. The van der Waals surface area contributed by atoms with E-state index >= 15 is 0 Å². The van der Waals surface area contributed by atoms with E-state index in [0.29, 0.717) is 23.0 Å². The van der Waals surface area contributed by atoms with Crippen molar-refractivity contribution in [2.75, 3.05) is 28.4 Å². The number of fused-ring (bicyclic) bond motifs is 8. The number of rotatable bonds is 12. The van der Waals surface area contributed by atoms with Crippen molar-refractivity contribution in [3.8, 4) is 45.3 Å². The Bertz CT molecular complexity index is 3260. The van der Waals surface area contributed by atoms with Crippen LogP contribution in [-0.2, 0) is 19.5 Å². The summed E-state index contributed by atoms with van der Waals surface area (Å²) in [7, 11) is 5.77. The topological polar surface area (TPSA) is 263 Å². The maximum Gasteiger partial charge on any atom is 2.00 e. The van der Waals surface area contributed by atoms with Crippen LogP contribution in [0.4, 0.5) is 11.4 Å². The minimum absolute atomic E-state index is 0. The summed E-state index contributed by atoms with van der Waals surface area (Å²) in [5, 5.41) is 53.4. The van der Waals surface area contributed by atoms with Crippen LogP contribution < -0.4 is 28.9 Å². The molecule has 0 unspecified atom stereocenters. The van der Waals surface area contributed by atoms with Crippen LogP contribution in [0.2, 0.25) is 0 Å². The largest absolute Gasteiger partial charge is 2.00 e. The fourth-order valence-electron chi connectivity index (χ4n) is 8.20. The van der Waals surface area contributed by atoms with Gasteiger partial charge in [0.15, 0.2) is 0 Å². The summed E-state index contributed by atoms with van der Waals surface area (Å²) in [6, 6.07) is 29.7. The van der Waals surface area contributed by atoms with E-state index in [-0.39, 0.29) is 109 Å². The van der Waals surface area contributed by atoms with Crippen molar-refractivity contribution in [3.63, 3.8) is 0 Å². The SMILES string of the molecule is COc1ccc(C2=C([N+](=O)[O-])c3cc4[n-]c(cc5nc(cc6[n-]c(cc2n3)c([N+](=O)[O-])c6-c2ccc(OC)cc2)C([N+](=O)[O-])=C5c2ccc(OC)cc2)c([N+](=O)[O-])c4-c2ccc(OC)cc2)cc1.[Zn+2]. The first kappa shape index (κ1) is 46.4. The Kier molecular flexibility index (Phi) is 12.6. The Morgan fingerprint density at radius 1 is 0.391 bits per heavy atom. The minimum atomic E-state index is -0.675. The normalized spacial score (nSPS) is 12.0. The van der Waals surface area contributed by atoms with Gasteiger partial charge in [-0.25, -0.2) is 9.97 Å². The summed E-state index contributed by atoms with van der Waals surface area (Å²) in [6.45, 7) is 0. The smallest absolute Gasteiger partial charge is 0.651 e. The van der Waals surface area contributed by atoms with Gasteiger partial charge in [-0.15, -0.1) is 11.0 Å². The fraction of sp³-hybridized carbons (Fsp3) is 0.0833. The van der Waals surface area contributed by atoms with E-state index in [1.165, 1.54) is 52.7 Å². The molecule has 0 saturated heterocycles. The molecule has 0 atom stereocenters. The van der Waals surface area contributed by atoms with Crippen LogP contribution in [0.15, 0.2) is 121 Å². The van der Waals surface area contributed by atoms with Gasteiger partial charge in [-0.05, 0) is 95.1 Å². The van der Waals surface area contributed by atoms with Crippen LogP contribution in [0.5, 0.6) is 23.0 Å². The molecule has 0 saturated carbocycles. The second-order valence-electron chi connectivity index (χ2n) is 14.9. The number of aromatic nitrogens is 4. The molecule has 338 valence electrons. The van der Waals surface area contributed by atoms with E-state index in [1.807, 2.05) is 0 Å². The molecular formula is C48H32N8O12Zn. The first-order valence-electron chi connectivity index (χ1n) is 20.2. The maximum absolute atomic E-state index is 13.3. The molecule has 0 aliphatic carbocycles. The molecule has 4 aromatic carbocycles. The molecule has 7 aromatic rings. The van der Waals surface area contributed by atoms with Crippen molar-refractivity contribution in [2.24, 2.45) is 0 Å². The Labute approximate surface area is 401 Å². The van der Waals surface area contributed by atoms with E-state index < -0.39 is 42.5 Å². The summed E-state index contributed by atoms with van der Waals surface area (Å²) in [5.41, 5.74) is -3.36. The Balaban J connectivity index is 0.00000642. The predicted octanol–water partition coefficient (Wildman–Crippen LogP) is 9.14. The van der Waals surface area contributed by atoms with Crippen LogP contribution >= 0.6 is 0 Å². The van der Waals surface area contributed by atoms with Crippen molar-refractivity contribution in [1.82, 2.24) is 19.9 Å². The molecule has 20 nitrogen and oxygen atoms in total.